The lowest BCUT2D eigenvalue weighted by atomic mass is 10.1. The van der Waals surface area contributed by atoms with Crippen molar-refractivity contribution in [1.29, 1.82) is 0 Å². The molecule has 0 bridgehead atoms. The Labute approximate surface area is 252 Å². The molecular weight excluding hydrogens is 585 g/mol. The molecule has 0 fully saturated rings. The standard InChI is InChI=1S/C30H35Cl2N3O5S/c1-6-21(3)33-30(37)22(4)34(18-23-12-14-24(40-5)15-13-23)28(36)19-35(27-9-7-8-26(31)29(27)32)41(38,39)25-16-10-20(2)11-17-25/h7-17,21-22H,6,18-19H2,1-5H3,(H,33,37). The number of benzene rings is 3. The third-order valence-electron chi connectivity index (χ3n) is 6.77. The highest BCUT2D eigenvalue weighted by molar-refractivity contribution is 7.92. The van der Waals surface area contributed by atoms with Crippen molar-refractivity contribution in [2.45, 2.75) is 57.6 Å². The number of nitrogens with one attached hydrogen (secondary N) is 1. The summed E-state index contributed by atoms with van der Waals surface area (Å²) >= 11 is 12.7. The number of nitrogens with zero attached hydrogens (tertiary/aromatic N) is 2. The van der Waals surface area contributed by atoms with E-state index >= 15 is 0 Å². The molecule has 3 rings (SSSR count). The van der Waals surface area contributed by atoms with Crippen LogP contribution in [0.3, 0.4) is 0 Å². The zero-order valence-electron chi connectivity index (χ0n) is 23.7. The van der Waals surface area contributed by atoms with Crippen LogP contribution in [0.1, 0.15) is 38.3 Å². The maximum atomic E-state index is 14.0. The molecule has 2 amide bonds. The molecule has 0 aromatic heterocycles. The van der Waals surface area contributed by atoms with Crippen molar-refractivity contribution < 1.29 is 22.7 Å². The quantitative estimate of drug-likeness (QED) is 0.275. The number of ether oxygens (including phenoxy) is 1. The molecule has 0 aliphatic carbocycles. The fourth-order valence-corrected chi connectivity index (χ4v) is 5.89. The Kier molecular flexibility index (Phi) is 11.1. The van der Waals surface area contributed by atoms with Gasteiger partial charge < -0.3 is 15.0 Å². The van der Waals surface area contributed by atoms with E-state index in [0.29, 0.717) is 12.2 Å². The van der Waals surface area contributed by atoms with Gasteiger partial charge in [-0.05, 0) is 69.2 Å². The number of sulfonamides is 1. The van der Waals surface area contributed by atoms with Gasteiger partial charge in [0.1, 0.15) is 18.3 Å². The van der Waals surface area contributed by atoms with Crippen LogP contribution in [0.5, 0.6) is 5.75 Å². The minimum atomic E-state index is -4.26. The summed E-state index contributed by atoms with van der Waals surface area (Å²) < 4.78 is 34.1. The van der Waals surface area contributed by atoms with Gasteiger partial charge in [0.25, 0.3) is 10.0 Å². The zero-order valence-corrected chi connectivity index (χ0v) is 26.1. The van der Waals surface area contributed by atoms with Gasteiger partial charge >= 0.3 is 0 Å². The molecule has 0 aliphatic heterocycles. The predicted octanol–water partition coefficient (Wildman–Crippen LogP) is 5.84. The van der Waals surface area contributed by atoms with Crippen LogP contribution in [0, 0.1) is 6.92 Å². The van der Waals surface area contributed by atoms with Crippen LogP contribution in [0.4, 0.5) is 5.69 Å². The van der Waals surface area contributed by atoms with Gasteiger partial charge in [0.15, 0.2) is 0 Å². The van der Waals surface area contributed by atoms with Gasteiger partial charge in [0.05, 0.1) is 27.7 Å². The van der Waals surface area contributed by atoms with Gasteiger partial charge in [0.2, 0.25) is 11.8 Å². The lowest BCUT2D eigenvalue weighted by Gasteiger charge is -2.32. The summed E-state index contributed by atoms with van der Waals surface area (Å²) in [6.07, 6.45) is 0.709. The van der Waals surface area contributed by atoms with Crippen molar-refractivity contribution in [3.8, 4) is 5.75 Å². The molecule has 3 aromatic carbocycles. The van der Waals surface area contributed by atoms with E-state index in [-0.39, 0.29) is 39.1 Å². The van der Waals surface area contributed by atoms with E-state index in [2.05, 4.69) is 5.32 Å². The van der Waals surface area contributed by atoms with E-state index < -0.39 is 28.5 Å². The monoisotopic (exact) mass is 619 g/mol. The van der Waals surface area contributed by atoms with Gasteiger partial charge in [-0.2, -0.15) is 0 Å². The van der Waals surface area contributed by atoms with Gasteiger partial charge in [-0.3, -0.25) is 13.9 Å². The van der Waals surface area contributed by atoms with Gasteiger partial charge in [-0.1, -0.05) is 66.0 Å². The summed E-state index contributed by atoms with van der Waals surface area (Å²) in [5, 5.41) is 3.03. The SMILES string of the molecule is CCC(C)NC(=O)C(C)N(Cc1ccc(OC)cc1)C(=O)CN(c1cccc(Cl)c1Cl)S(=O)(=O)c1ccc(C)cc1. The van der Waals surface area contributed by atoms with Crippen molar-refractivity contribution in [3.63, 3.8) is 0 Å². The number of halogens is 2. The normalized spacial score (nSPS) is 12.8. The number of anilines is 1. The molecule has 3 aromatic rings. The number of carbonyl (C=O) groups excluding carboxylic acids is 2. The Balaban J connectivity index is 2.06. The second-order valence-electron chi connectivity index (χ2n) is 9.76. The van der Waals surface area contributed by atoms with Crippen LogP contribution >= 0.6 is 23.2 Å². The molecular formula is C30H35Cl2N3O5S. The van der Waals surface area contributed by atoms with E-state index in [9.17, 15) is 18.0 Å². The minimum Gasteiger partial charge on any atom is -0.497 e. The molecule has 8 nitrogen and oxygen atoms in total. The Morgan fingerprint density at radius 2 is 1.61 bits per heavy atom. The largest absolute Gasteiger partial charge is 0.497 e. The minimum absolute atomic E-state index is 0.0121. The average molecular weight is 621 g/mol. The molecule has 0 saturated carbocycles. The Morgan fingerprint density at radius 3 is 2.20 bits per heavy atom. The number of amides is 2. The zero-order chi connectivity index (χ0) is 30.3. The molecule has 220 valence electrons. The number of hydrogen-bond acceptors (Lipinski definition) is 5. The molecule has 41 heavy (non-hydrogen) atoms. The molecule has 0 saturated heterocycles. The molecule has 2 unspecified atom stereocenters. The first-order valence-corrected chi connectivity index (χ1v) is 15.3. The molecule has 0 aliphatic rings. The van der Waals surface area contributed by atoms with Crippen LogP contribution in [0.15, 0.2) is 71.6 Å². The summed E-state index contributed by atoms with van der Waals surface area (Å²) in [5.41, 5.74) is 1.66. The number of methoxy groups -OCH3 is 1. The first-order valence-electron chi connectivity index (χ1n) is 13.1. The number of hydrogen-bond donors (Lipinski definition) is 1. The second kappa shape index (κ2) is 14.1. The van der Waals surface area contributed by atoms with Gasteiger partial charge in [0, 0.05) is 12.6 Å². The fourth-order valence-electron chi connectivity index (χ4n) is 4.01. The van der Waals surface area contributed by atoms with E-state index in [1.165, 1.54) is 29.2 Å². The number of rotatable bonds is 12. The number of aryl methyl sites for hydroxylation is 1. The summed E-state index contributed by atoms with van der Waals surface area (Å²) in [5.74, 6) is -0.311. The molecule has 0 spiro atoms. The Hall–Kier alpha value is -3.27. The summed E-state index contributed by atoms with van der Waals surface area (Å²) in [6.45, 7) is 6.71. The topological polar surface area (TPSA) is 96.0 Å². The van der Waals surface area contributed by atoms with Crippen LogP contribution in [-0.2, 0) is 26.2 Å². The second-order valence-corrected chi connectivity index (χ2v) is 12.4. The Morgan fingerprint density at radius 1 is 0.976 bits per heavy atom. The van der Waals surface area contributed by atoms with Crippen molar-refractivity contribution in [1.82, 2.24) is 10.2 Å². The molecule has 0 heterocycles. The van der Waals surface area contributed by atoms with Crippen LogP contribution in [0.2, 0.25) is 10.0 Å². The Bertz CT molecular complexity index is 1460. The van der Waals surface area contributed by atoms with E-state index in [4.69, 9.17) is 27.9 Å². The third-order valence-corrected chi connectivity index (χ3v) is 9.35. The van der Waals surface area contributed by atoms with Crippen molar-refractivity contribution in [2.75, 3.05) is 18.0 Å². The highest BCUT2D eigenvalue weighted by Gasteiger charge is 2.34. The van der Waals surface area contributed by atoms with Gasteiger partial charge in [-0.25, -0.2) is 8.42 Å². The number of carbonyl (C=O) groups is 2. The first-order chi connectivity index (χ1) is 19.4. The summed E-state index contributed by atoms with van der Waals surface area (Å²) in [4.78, 5) is 28.5. The molecule has 1 N–H and O–H groups in total. The van der Waals surface area contributed by atoms with Crippen molar-refractivity contribution in [2.24, 2.45) is 0 Å². The smallest absolute Gasteiger partial charge is 0.264 e. The van der Waals surface area contributed by atoms with Crippen molar-refractivity contribution >= 4 is 50.7 Å². The molecule has 11 heteroatoms. The highest BCUT2D eigenvalue weighted by Crippen LogP contribution is 2.35. The summed E-state index contributed by atoms with van der Waals surface area (Å²) in [6, 6.07) is 16.9. The predicted molar refractivity (Wildman–Crippen MR) is 163 cm³/mol. The maximum absolute atomic E-state index is 14.0. The lowest BCUT2D eigenvalue weighted by Crippen LogP contribution is -2.52. The van der Waals surface area contributed by atoms with E-state index in [1.54, 1.807) is 56.5 Å². The third kappa shape index (κ3) is 7.93. The first kappa shape index (κ1) is 32.2. The molecule has 2 atom stereocenters. The maximum Gasteiger partial charge on any atom is 0.264 e. The highest BCUT2D eigenvalue weighted by atomic mass is 35.5. The van der Waals surface area contributed by atoms with Crippen LogP contribution in [-0.4, -0.2) is 50.9 Å². The van der Waals surface area contributed by atoms with Crippen molar-refractivity contribution in [3.05, 3.63) is 87.9 Å². The fraction of sp³-hybridized carbons (Fsp3) is 0.333. The molecule has 0 radical (unpaired) electrons. The van der Waals surface area contributed by atoms with Crippen LogP contribution in [0.25, 0.3) is 0 Å². The average Bonchev–Trinajstić information content (AvgIpc) is 2.96. The van der Waals surface area contributed by atoms with Crippen LogP contribution < -0.4 is 14.4 Å². The van der Waals surface area contributed by atoms with E-state index in [1.807, 2.05) is 20.8 Å². The lowest BCUT2D eigenvalue weighted by molar-refractivity contribution is -0.139. The van der Waals surface area contributed by atoms with E-state index in [0.717, 1.165) is 15.4 Å². The van der Waals surface area contributed by atoms with Gasteiger partial charge in [-0.15, -0.1) is 0 Å². The summed E-state index contributed by atoms with van der Waals surface area (Å²) in [7, 11) is -2.71.